The first kappa shape index (κ1) is 25.0. The van der Waals surface area contributed by atoms with Crippen LogP contribution < -0.4 is 10.3 Å². The van der Waals surface area contributed by atoms with Crippen molar-refractivity contribution in [1.82, 2.24) is 24.5 Å². The fraction of sp³-hybridized carbons (Fsp3) is 0.320. The maximum Gasteiger partial charge on any atom is 0.261 e. The fourth-order valence-electron chi connectivity index (χ4n) is 3.60. The zero-order chi connectivity index (χ0) is 25.5. The Labute approximate surface area is 212 Å². The Morgan fingerprint density at radius 3 is 2.51 bits per heavy atom. The van der Waals surface area contributed by atoms with Crippen LogP contribution in [0, 0.1) is 27.7 Å². The summed E-state index contributed by atoms with van der Waals surface area (Å²) in [5, 5.41) is 13.6. The van der Waals surface area contributed by atoms with Gasteiger partial charge in [0.15, 0.2) is 5.82 Å². The molecule has 0 radical (unpaired) electrons. The second-order valence-corrected chi connectivity index (χ2v) is 10.3. The number of aryl methyl sites for hydroxylation is 3. The molecule has 1 N–H and O–H groups in total. The van der Waals surface area contributed by atoms with Gasteiger partial charge in [-0.25, -0.2) is 15.0 Å². The van der Waals surface area contributed by atoms with E-state index in [0.29, 0.717) is 39.1 Å². The first-order chi connectivity index (χ1) is 16.5. The molecule has 0 spiro atoms. The summed E-state index contributed by atoms with van der Waals surface area (Å²) in [7, 11) is 0. The molecule has 0 saturated heterocycles. The molecule has 182 valence electrons. The Bertz CT molecular complexity index is 1470. The Morgan fingerprint density at radius 2 is 1.86 bits per heavy atom. The van der Waals surface area contributed by atoms with Crippen LogP contribution in [-0.2, 0) is 12.2 Å². The highest BCUT2D eigenvalue weighted by atomic mass is 35.5. The SMILES string of the molecule is Cc1nc(COc2cc(C)n(-c3cc(-c4nc(C(C)(C)O)ncc4C)ncc3Cl)c(=O)c2C)cs1. The molecular weight excluding hydrogens is 486 g/mol. The lowest BCUT2D eigenvalue weighted by atomic mass is 10.1. The van der Waals surface area contributed by atoms with E-state index in [4.69, 9.17) is 16.3 Å². The van der Waals surface area contributed by atoms with Crippen molar-refractivity contribution in [1.29, 1.82) is 0 Å². The van der Waals surface area contributed by atoms with Gasteiger partial charge < -0.3 is 9.84 Å². The largest absolute Gasteiger partial charge is 0.487 e. The number of halogens is 1. The minimum absolute atomic E-state index is 0.245. The topological polar surface area (TPSA) is 103 Å². The van der Waals surface area contributed by atoms with Gasteiger partial charge in [-0.2, -0.15) is 0 Å². The first-order valence-electron chi connectivity index (χ1n) is 11.0. The monoisotopic (exact) mass is 511 g/mol. The highest BCUT2D eigenvalue weighted by molar-refractivity contribution is 7.09. The first-order valence-corrected chi connectivity index (χ1v) is 12.2. The van der Waals surface area contributed by atoms with Crippen molar-refractivity contribution >= 4 is 22.9 Å². The molecule has 0 atom stereocenters. The highest BCUT2D eigenvalue weighted by Crippen LogP contribution is 2.29. The van der Waals surface area contributed by atoms with Gasteiger partial charge in [0.2, 0.25) is 0 Å². The van der Waals surface area contributed by atoms with E-state index in [9.17, 15) is 9.90 Å². The molecule has 8 nitrogen and oxygen atoms in total. The maximum atomic E-state index is 13.4. The van der Waals surface area contributed by atoms with E-state index in [2.05, 4.69) is 19.9 Å². The molecule has 0 saturated carbocycles. The third kappa shape index (κ3) is 5.12. The summed E-state index contributed by atoms with van der Waals surface area (Å²) in [6.45, 7) is 10.9. The Balaban J connectivity index is 1.76. The number of aliphatic hydroxyl groups is 1. The van der Waals surface area contributed by atoms with Crippen LogP contribution >= 0.6 is 22.9 Å². The molecule has 0 aliphatic rings. The van der Waals surface area contributed by atoms with Crippen molar-refractivity contribution in [2.45, 2.75) is 53.8 Å². The second-order valence-electron chi connectivity index (χ2n) is 8.87. The molecular formula is C25H26ClN5O3S. The summed E-state index contributed by atoms with van der Waals surface area (Å²) >= 11 is 8.06. The standard InChI is InChI=1S/C25H26ClN5O3S/c1-13-9-28-24(25(5,6)33)30-22(13)19-8-20(18(26)10-27-19)31-14(2)7-21(15(3)23(31)32)34-11-17-12-35-16(4)29-17/h7-10,12,33H,11H2,1-6H3. The number of rotatable bonds is 6. The summed E-state index contributed by atoms with van der Waals surface area (Å²) in [6.07, 6.45) is 3.14. The molecule has 0 fully saturated rings. The van der Waals surface area contributed by atoms with E-state index in [1.165, 1.54) is 10.8 Å². The van der Waals surface area contributed by atoms with E-state index in [0.717, 1.165) is 16.3 Å². The van der Waals surface area contributed by atoms with E-state index >= 15 is 0 Å². The molecule has 0 aliphatic carbocycles. The van der Waals surface area contributed by atoms with Crippen molar-refractivity contribution < 1.29 is 9.84 Å². The molecule has 0 amide bonds. The summed E-state index contributed by atoms with van der Waals surface area (Å²) in [4.78, 5) is 31.0. The van der Waals surface area contributed by atoms with E-state index in [-0.39, 0.29) is 18.0 Å². The minimum atomic E-state index is -1.21. The van der Waals surface area contributed by atoms with Gasteiger partial charge in [0, 0.05) is 29.5 Å². The van der Waals surface area contributed by atoms with Crippen molar-refractivity contribution in [3.8, 4) is 22.8 Å². The molecule has 4 heterocycles. The van der Waals surface area contributed by atoms with Gasteiger partial charge in [-0.3, -0.25) is 14.3 Å². The van der Waals surface area contributed by atoms with Crippen LogP contribution in [0.5, 0.6) is 5.75 Å². The molecule has 4 rings (SSSR count). The summed E-state index contributed by atoms with van der Waals surface area (Å²) in [5.41, 5.74) is 2.79. The van der Waals surface area contributed by atoms with Gasteiger partial charge in [-0.05, 0) is 53.2 Å². The maximum absolute atomic E-state index is 13.4. The average molecular weight is 512 g/mol. The van der Waals surface area contributed by atoms with Crippen LogP contribution in [0.3, 0.4) is 0 Å². The lowest BCUT2D eigenvalue weighted by molar-refractivity contribution is 0.0688. The summed E-state index contributed by atoms with van der Waals surface area (Å²) < 4.78 is 7.46. The Morgan fingerprint density at radius 1 is 1.11 bits per heavy atom. The molecule has 0 unspecified atom stereocenters. The predicted molar refractivity (Wildman–Crippen MR) is 137 cm³/mol. The highest BCUT2D eigenvalue weighted by Gasteiger charge is 2.22. The van der Waals surface area contributed by atoms with Gasteiger partial charge in [-0.15, -0.1) is 11.3 Å². The normalized spacial score (nSPS) is 11.7. The van der Waals surface area contributed by atoms with Gasteiger partial charge in [0.25, 0.3) is 5.56 Å². The van der Waals surface area contributed by atoms with Crippen molar-refractivity contribution in [2.75, 3.05) is 0 Å². The number of ether oxygens (including phenoxy) is 1. The van der Waals surface area contributed by atoms with Gasteiger partial charge in [0.05, 0.1) is 38.4 Å². The molecule has 4 aromatic heterocycles. The summed E-state index contributed by atoms with van der Waals surface area (Å²) in [5.74, 6) is 0.777. The van der Waals surface area contributed by atoms with Crippen LogP contribution in [0.2, 0.25) is 5.02 Å². The lowest BCUT2D eigenvalue weighted by Crippen LogP contribution is -2.24. The van der Waals surface area contributed by atoms with E-state index in [1.54, 1.807) is 44.4 Å². The molecule has 0 bridgehead atoms. The Kier molecular flexibility index (Phi) is 6.77. The van der Waals surface area contributed by atoms with Crippen LogP contribution in [0.4, 0.5) is 0 Å². The number of pyridine rings is 2. The zero-order valence-electron chi connectivity index (χ0n) is 20.4. The van der Waals surface area contributed by atoms with E-state index < -0.39 is 5.60 Å². The molecule has 4 aromatic rings. The second kappa shape index (κ2) is 9.49. The quantitative estimate of drug-likeness (QED) is 0.395. The molecule has 0 aliphatic heterocycles. The lowest BCUT2D eigenvalue weighted by Gasteiger charge is -2.18. The number of hydrogen-bond acceptors (Lipinski definition) is 8. The number of thiazole rings is 1. The van der Waals surface area contributed by atoms with Crippen LogP contribution in [-0.4, -0.2) is 29.6 Å². The van der Waals surface area contributed by atoms with Gasteiger partial charge in [0.1, 0.15) is 18.0 Å². The minimum Gasteiger partial charge on any atom is -0.487 e. The Hall–Kier alpha value is -3.14. The number of aromatic nitrogens is 5. The number of nitrogens with zero attached hydrogens (tertiary/aromatic N) is 5. The summed E-state index contributed by atoms with van der Waals surface area (Å²) in [6, 6.07) is 3.53. The van der Waals surface area contributed by atoms with Crippen molar-refractivity contribution in [3.63, 3.8) is 0 Å². The zero-order valence-corrected chi connectivity index (χ0v) is 22.0. The van der Waals surface area contributed by atoms with Crippen LogP contribution in [0.1, 0.15) is 47.2 Å². The molecule has 0 aromatic carbocycles. The average Bonchev–Trinajstić information content (AvgIpc) is 3.21. The smallest absolute Gasteiger partial charge is 0.261 e. The third-order valence-corrected chi connectivity index (χ3v) is 6.58. The van der Waals surface area contributed by atoms with Crippen molar-refractivity contribution in [3.05, 3.63) is 78.6 Å². The van der Waals surface area contributed by atoms with Crippen LogP contribution in [0.25, 0.3) is 17.1 Å². The fourth-order valence-corrected chi connectivity index (χ4v) is 4.38. The van der Waals surface area contributed by atoms with E-state index in [1.807, 2.05) is 32.2 Å². The molecule has 10 heteroatoms. The predicted octanol–water partition coefficient (Wildman–Crippen LogP) is 4.84. The van der Waals surface area contributed by atoms with Crippen molar-refractivity contribution in [2.24, 2.45) is 0 Å². The molecule has 35 heavy (non-hydrogen) atoms. The third-order valence-electron chi connectivity index (χ3n) is 5.47. The van der Waals surface area contributed by atoms with Gasteiger partial charge >= 0.3 is 0 Å². The van der Waals surface area contributed by atoms with Gasteiger partial charge in [-0.1, -0.05) is 11.6 Å². The number of hydrogen-bond donors (Lipinski definition) is 1. The van der Waals surface area contributed by atoms with Crippen LogP contribution in [0.15, 0.2) is 34.7 Å².